The molecular formula is C18H26N2O3. The van der Waals surface area contributed by atoms with E-state index in [-0.39, 0.29) is 24.5 Å². The number of nitrogens with one attached hydrogen (secondary N) is 1. The Morgan fingerprint density at radius 1 is 1.39 bits per heavy atom. The van der Waals surface area contributed by atoms with Gasteiger partial charge < -0.3 is 19.7 Å². The number of nitrogens with zero attached hydrogens (tertiary/aromatic N) is 1. The zero-order valence-electron chi connectivity index (χ0n) is 14.1. The molecule has 1 aromatic carbocycles. The number of hydrogen-bond acceptors (Lipinski definition) is 3. The van der Waals surface area contributed by atoms with E-state index >= 15 is 0 Å². The maximum Gasteiger partial charge on any atom is 0.251 e. The van der Waals surface area contributed by atoms with Crippen molar-refractivity contribution in [3.8, 4) is 0 Å². The molecule has 1 heterocycles. The van der Waals surface area contributed by atoms with Crippen LogP contribution in [0.1, 0.15) is 30.6 Å². The lowest BCUT2D eigenvalue weighted by atomic mass is 9.99. The first-order chi connectivity index (χ1) is 11.1. The Morgan fingerprint density at radius 2 is 2.17 bits per heavy atom. The topological polar surface area (TPSA) is 63.5 Å². The summed E-state index contributed by atoms with van der Waals surface area (Å²) in [5.41, 5.74) is 1.62. The second-order valence-electron chi connectivity index (χ2n) is 5.92. The lowest BCUT2D eigenvalue weighted by Gasteiger charge is -2.22. The first-order valence-electron chi connectivity index (χ1n) is 8.10. The maximum atomic E-state index is 12.5. The first kappa shape index (κ1) is 17.5. The number of aromatic nitrogens is 1. The number of hydrogen-bond donors (Lipinski definition) is 2. The smallest absolute Gasteiger partial charge is 0.251 e. The summed E-state index contributed by atoms with van der Waals surface area (Å²) in [6, 6.07) is 7.48. The molecule has 2 atom stereocenters. The minimum absolute atomic E-state index is 0.0484. The van der Waals surface area contributed by atoms with Gasteiger partial charge in [-0.1, -0.05) is 26.3 Å². The van der Waals surface area contributed by atoms with Crippen LogP contribution in [0.25, 0.3) is 10.9 Å². The standard InChI is InChI=1S/C18H26N2O3/c1-4-13(2)16(12-21)19-18(22)15-6-5-14-7-8-20(9-10-23-3)17(14)11-15/h5-8,11,13,16,21H,4,9-10,12H2,1-3H3,(H,19,22)/t13-,16+/m0/s1. The Kier molecular flexibility index (Phi) is 6.19. The molecule has 23 heavy (non-hydrogen) atoms. The van der Waals surface area contributed by atoms with Gasteiger partial charge in [0, 0.05) is 30.9 Å². The number of amides is 1. The summed E-state index contributed by atoms with van der Waals surface area (Å²) in [4.78, 5) is 12.5. The first-order valence-corrected chi connectivity index (χ1v) is 8.10. The number of rotatable bonds is 8. The number of benzene rings is 1. The molecule has 0 aliphatic carbocycles. The van der Waals surface area contributed by atoms with Gasteiger partial charge >= 0.3 is 0 Å². The van der Waals surface area contributed by atoms with Crippen molar-refractivity contribution in [3.63, 3.8) is 0 Å². The summed E-state index contributed by atoms with van der Waals surface area (Å²) >= 11 is 0. The Bertz CT molecular complexity index is 651. The van der Waals surface area contributed by atoms with Crippen LogP contribution in [0, 0.1) is 5.92 Å². The SMILES string of the molecule is CC[C@H](C)[C@@H](CO)NC(=O)c1ccc2ccn(CCOC)c2c1. The average Bonchev–Trinajstić information content (AvgIpc) is 2.99. The zero-order valence-corrected chi connectivity index (χ0v) is 14.1. The fourth-order valence-electron chi connectivity index (χ4n) is 2.61. The van der Waals surface area contributed by atoms with Crippen LogP contribution >= 0.6 is 0 Å². The van der Waals surface area contributed by atoms with E-state index < -0.39 is 0 Å². The Hall–Kier alpha value is -1.85. The molecule has 0 aliphatic heterocycles. The molecule has 2 N–H and O–H groups in total. The van der Waals surface area contributed by atoms with E-state index in [2.05, 4.69) is 9.88 Å². The second-order valence-corrected chi connectivity index (χ2v) is 5.92. The third-order valence-corrected chi connectivity index (χ3v) is 4.42. The van der Waals surface area contributed by atoms with E-state index in [1.165, 1.54) is 0 Å². The fraction of sp³-hybridized carbons (Fsp3) is 0.500. The molecule has 5 heteroatoms. The number of carbonyl (C=O) groups is 1. The fourth-order valence-corrected chi connectivity index (χ4v) is 2.61. The number of aliphatic hydroxyl groups excluding tert-OH is 1. The second kappa shape index (κ2) is 8.13. The summed E-state index contributed by atoms with van der Waals surface area (Å²) in [5.74, 6) is 0.0870. The van der Waals surface area contributed by atoms with Crippen LogP contribution in [-0.2, 0) is 11.3 Å². The molecule has 0 saturated carbocycles. The summed E-state index contributed by atoms with van der Waals surface area (Å²) in [5, 5.41) is 13.5. The normalized spacial score (nSPS) is 13.9. The largest absolute Gasteiger partial charge is 0.394 e. The third-order valence-electron chi connectivity index (χ3n) is 4.42. The van der Waals surface area contributed by atoms with Crippen LogP contribution in [0.5, 0.6) is 0 Å². The van der Waals surface area contributed by atoms with Gasteiger partial charge in [0.25, 0.3) is 5.91 Å². The van der Waals surface area contributed by atoms with Gasteiger partial charge in [-0.2, -0.15) is 0 Å². The molecule has 0 spiro atoms. The van der Waals surface area contributed by atoms with Crippen LogP contribution in [0.4, 0.5) is 0 Å². The van der Waals surface area contributed by atoms with E-state index in [4.69, 9.17) is 4.74 Å². The van der Waals surface area contributed by atoms with Gasteiger partial charge in [-0.3, -0.25) is 4.79 Å². The number of fused-ring (bicyclic) bond motifs is 1. The van der Waals surface area contributed by atoms with Gasteiger partial charge in [-0.15, -0.1) is 0 Å². The lowest BCUT2D eigenvalue weighted by molar-refractivity contribution is 0.0891. The van der Waals surface area contributed by atoms with E-state index in [0.717, 1.165) is 23.9 Å². The molecule has 0 saturated heterocycles. The number of carbonyl (C=O) groups excluding carboxylic acids is 1. The quantitative estimate of drug-likeness (QED) is 0.786. The zero-order chi connectivity index (χ0) is 16.8. The Labute approximate surface area is 137 Å². The van der Waals surface area contributed by atoms with Gasteiger partial charge in [-0.25, -0.2) is 0 Å². The van der Waals surface area contributed by atoms with Gasteiger partial charge in [0.1, 0.15) is 0 Å². The van der Waals surface area contributed by atoms with Crippen molar-refractivity contribution >= 4 is 16.8 Å². The van der Waals surface area contributed by atoms with Crippen molar-refractivity contribution in [2.75, 3.05) is 20.3 Å². The Morgan fingerprint density at radius 3 is 2.83 bits per heavy atom. The van der Waals surface area contributed by atoms with Crippen LogP contribution < -0.4 is 5.32 Å². The third kappa shape index (κ3) is 4.12. The minimum atomic E-state index is -0.219. The van der Waals surface area contributed by atoms with Gasteiger partial charge in [0.05, 0.1) is 19.3 Å². The predicted molar refractivity (Wildman–Crippen MR) is 91.6 cm³/mol. The number of methoxy groups -OCH3 is 1. The monoisotopic (exact) mass is 318 g/mol. The molecule has 0 aliphatic rings. The molecular weight excluding hydrogens is 292 g/mol. The van der Waals surface area contributed by atoms with E-state index in [0.29, 0.717) is 12.2 Å². The lowest BCUT2D eigenvalue weighted by Crippen LogP contribution is -2.41. The molecule has 0 bridgehead atoms. The van der Waals surface area contributed by atoms with Crippen LogP contribution in [0.15, 0.2) is 30.5 Å². The number of aliphatic hydroxyl groups is 1. The van der Waals surface area contributed by atoms with Crippen molar-refractivity contribution in [2.24, 2.45) is 5.92 Å². The van der Waals surface area contributed by atoms with E-state index in [9.17, 15) is 9.90 Å². The van der Waals surface area contributed by atoms with Gasteiger partial charge in [0.2, 0.25) is 0 Å². The molecule has 126 valence electrons. The summed E-state index contributed by atoms with van der Waals surface area (Å²) < 4.78 is 7.20. The van der Waals surface area contributed by atoms with Crippen molar-refractivity contribution in [1.82, 2.24) is 9.88 Å². The van der Waals surface area contributed by atoms with Crippen LogP contribution in [0.2, 0.25) is 0 Å². The molecule has 0 fully saturated rings. The summed E-state index contributed by atoms with van der Waals surface area (Å²) in [6.45, 7) is 5.40. The van der Waals surface area contributed by atoms with Crippen molar-refractivity contribution in [1.29, 1.82) is 0 Å². The highest BCUT2D eigenvalue weighted by Gasteiger charge is 2.18. The highest BCUT2D eigenvalue weighted by atomic mass is 16.5. The molecule has 0 unspecified atom stereocenters. The predicted octanol–water partition coefficient (Wildman–Crippen LogP) is 2.42. The molecule has 1 amide bonds. The molecule has 1 aromatic heterocycles. The summed E-state index contributed by atoms with van der Waals surface area (Å²) in [6.07, 6.45) is 2.91. The van der Waals surface area contributed by atoms with Crippen LogP contribution in [-0.4, -0.2) is 41.9 Å². The highest BCUT2D eigenvalue weighted by Crippen LogP contribution is 2.18. The van der Waals surface area contributed by atoms with Crippen molar-refractivity contribution in [3.05, 3.63) is 36.0 Å². The molecule has 2 aromatic rings. The maximum absolute atomic E-state index is 12.5. The minimum Gasteiger partial charge on any atom is -0.394 e. The molecule has 2 rings (SSSR count). The molecule has 5 nitrogen and oxygen atoms in total. The average molecular weight is 318 g/mol. The molecule has 0 radical (unpaired) electrons. The van der Waals surface area contributed by atoms with E-state index in [1.807, 2.05) is 44.3 Å². The van der Waals surface area contributed by atoms with Crippen molar-refractivity contribution in [2.45, 2.75) is 32.9 Å². The van der Waals surface area contributed by atoms with E-state index in [1.54, 1.807) is 7.11 Å². The summed E-state index contributed by atoms with van der Waals surface area (Å²) in [7, 11) is 1.68. The highest BCUT2D eigenvalue weighted by molar-refractivity contribution is 5.98. The van der Waals surface area contributed by atoms with Gasteiger partial charge in [-0.05, 0) is 29.5 Å². The van der Waals surface area contributed by atoms with Crippen molar-refractivity contribution < 1.29 is 14.6 Å². The van der Waals surface area contributed by atoms with Crippen LogP contribution in [0.3, 0.4) is 0 Å². The number of ether oxygens (including phenoxy) is 1. The van der Waals surface area contributed by atoms with Gasteiger partial charge in [0.15, 0.2) is 0 Å². The Balaban J connectivity index is 2.20.